The number of aliphatic hydroxyl groups is 1. The van der Waals surface area contributed by atoms with Crippen LogP contribution in [0.25, 0.3) is 0 Å². The Balaban J connectivity index is 2.56. The predicted octanol–water partition coefficient (Wildman–Crippen LogP) is 2.32. The van der Waals surface area contributed by atoms with Crippen molar-refractivity contribution in [3.63, 3.8) is 0 Å². The average Bonchev–Trinajstić information content (AvgIpc) is 2.27. The molecule has 0 heterocycles. The predicted molar refractivity (Wildman–Crippen MR) is 62.4 cm³/mol. The van der Waals surface area contributed by atoms with Crippen molar-refractivity contribution in [3.8, 4) is 5.75 Å². The van der Waals surface area contributed by atoms with Gasteiger partial charge < -0.3 is 9.84 Å². The van der Waals surface area contributed by atoms with Gasteiger partial charge in [0.15, 0.2) is 0 Å². The number of hydrogen-bond acceptors (Lipinski definition) is 3. The van der Waals surface area contributed by atoms with Crippen LogP contribution in [0, 0.1) is 0 Å². The Morgan fingerprint density at radius 1 is 1.44 bits per heavy atom. The topological polar surface area (TPSA) is 46.5 Å². The van der Waals surface area contributed by atoms with E-state index >= 15 is 0 Å². The molecule has 3 heteroatoms. The third kappa shape index (κ3) is 4.45. The zero-order chi connectivity index (χ0) is 11.8. The molecule has 0 atom stereocenters. The summed E-state index contributed by atoms with van der Waals surface area (Å²) in [6, 6.07) is 7.45. The van der Waals surface area contributed by atoms with Crippen LogP contribution in [0.5, 0.6) is 5.75 Å². The number of ether oxygens (including phenoxy) is 1. The van der Waals surface area contributed by atoms with Gasteiger partial charge in [-0.25, -0.2) is 0 Å². The van der Waals surface area contributed by atoms with Crippen LogP contribution in [-0.2, 0) is 11.2 Å². The molecule has 0 aromatic heterocycles. The van der Waals surface area contributed by atoms with Gasteiger partial charge >= 0.3 is 5.97 Å². The summed E-state index contributed by atoms with van der Waals surface area (Å²) in [7, 11) is 0. The molecular weight excluding hydrogens is 204 g/mol. The normalized spacial score (nSPS) is 10.1. The third-order valence-corrected chi connectivity index (χ3v) is 2.21. The van der Waals surface area contributed by atoms with Gasteiger partial charge in [0.25, 0.3) is 0 Å². The van der Waals surface area contributed by atoms with Crippen molar-refractivity contribution < 1.29 is 14.6 Å². The van der Waals surface area contributed by atoms with Crippen LogP contribution in [-0.4, -0.2) is 17.7 Å². The number of aliphatic hydroxyl groups excluding tert-OH is 1. The summed E-state index contributed by atoms with van der Waals surface area (Å²) < 4.78 is 5.17. The highest BCUT2D eigenvalue weighted by atomic mass is 16.5. The lowest BCUT2D eigenvalue weighted by Gasteiger charge is -2.05. The molecule has 0 aliphatic heterocycles. The molecule has 0 aliphatic carbocycles. The number of aryl methyl sites for hydroxylation is 1. The van der Waals surface area contributed by atoms with Crippen LogP contribution >= 0.6 is 0 Å². The van der Waals surface area contributed by atoms with E-state index in [9.17, 15) is 4.79 Å². The number of carbonyl (C=O) groups is 1. The molecule has 3 nitrogen and oxygen atoms in total. The van der Waals surface area contributed by atoms with Crippen molar-refractivity contribution >= 4 is 5.97 Å². The second kappa shape index (κ2) is 7.01. The molecule has 0 saturated carbocycles. The number of benzene rings is 1. The summed E-state index contributed by atoms with van der Waals surface area (Å²) in [6.07, 6.45) is 2.77. The molecule has 1 rings (SSSR count). The molecular formula is C13H18O3. The Labute approximate surface area is 96.1 Å². The average molecular weight is 222 g/mol. The minimum atomic E-state index is -0.193. The molecule has 0 unspecified atom stereocenters. The third-order valence-electron chi connectivity index (χ3n) is 2.21. The molecule has 1 aromatic carbocycles. The molecule has 0 radical (unpaired) electrons. The van der Waals surface area contributed by atoms with Crippen LogP contribution in [0.2, 0.25) is 0 Å². The molecule has 1 N–H and O–H groups in total. The van der Waals surface area contributed by atoms with Crippen molar-refractivity contribution in [2.24, 2.45) is 0 Å². The second-order valence-electron chi connectivity index (χ2n) is 3.70. The zero-order valence-electron chi connectivity index (χ0n) is 9.61. The van der Waals surface area contributed by atoms with E-state index in [1.165, 1.54) is 0 Å². The standard InChI is InChI=1S/C13H18O3/c1-2-5-13(15)16-12-8-3-6-11(10-12)7-4-9-14/h3,6,8,10,14H,2,4-5,7,9H2,1H3. The van der Waals surface area contributed by atoms with Crippen molar-refractivity contribution in [1.29, 1.82) is 0 Å². The van der Waals surface area contributed by atoms with Crippen LogP contribution in [0.4, 0.5) is 0 Å². The van der Waals surface area contributed by atoms with Crippen molar-refractivity contribution in [3.05, 3.63) is 29.8 Å². The summed E-state index contributed by atoms with van der Waals surface area (Å²) in [5.41, 5.74) is 1.08. The van der Waals surface area contributed by atoms with Crippen LogP contribution in [0.1, 0.15) is 31.7 Å². The van der Waals surface area contributed by atoms with Gasteiger partial charge in [-0.2, -0.15) is 0 Å². The van der Waals surface area contributed by atoms with E-state index in [1.54, 1.807) is 6.07 Å². The highest BCUT2D eigenvalue weighted by Crippen LogP contribution is 2.15. The Hall–Kier alpha value is -1.35. The first kappa shape index (κ1) is 12.7. The smallest absolute Gasteiger partial charge is 0.311 e. The summed E-state index contributed by atoms with van der Waals surface area (Å²) in [5, 5.41) is 8.73. The molecule has 88 valence electrons. The van der Waals surface area contributed by atoms with Gasteiger partial charge in [-0.3, -0.25) is 4.79 Å². The summed E-state index contributed by atoms with van der Waals surface area (Å²) in [5.74, 6) is 0.399. The van der Waals surface area contributed by atoms with Crippen LogP contribution in [0.15, 0.2) is 24.3 Å². The molecule has 0 saturated heterocycles. The first-order chi connectivity index (χ1) is 7.76. The van der Waals surface area contributed by atoms with Gasteiger partial charge in [-0.05, 0) is 37.0 Å². The number of rotatable bonds is 6. The van der Waals surface area contributed by atoms with Crippen molar-refractivity contribution in [1.82, 2.24) is 0 Å². The van der Waals surface area contributed by atoms with Gasteiger partial charge in [-0.1, -0.05) is 19.1 Å². The van der Waals surface area contributed by atoms with E-state index in [2.05, 4.69) is 0 Å². The Morgan fingerprint density at radius 2 is 2.25 bits per heavy atom. The summed E-state index contributed by atoms with van der Waals surface area (Å²) in [6.45, 7) is 2.12. The van der Waals surface area contributed by atoms with Gasteiger partial charge in [-0.15, -0.1) is 0 Å². The molecule has 0 bridgehead atoms. The SMILES string of the molecule is CCCC(=O)Oc1cccc(CCCO)c1. The first-order valence-corrected chi connectivity index (χ1v) is 5.66. The fourth-order valence-electron chi connectivity index (χ4n) is 1.43. The van der Waals surface area contributed by atoms with Gasteiger partial charge in [0.1, 0.15) is 5.75 Å². The minimum Gasteiger partial charge on any atom is -0.427 e. The fourth-order valence-corrected chi connectivity index (χ4v) is 1.43. The molecule has 0 amide bonds. The highest BCUT2D eigenvalue weighted by molar-refractivity contribution is 5.72. The Kier molecular flexibility index (Phi) is 5.57. The van der Waals surface area contributed by atoms with E-state index in [0.29, 0.717) is 12.2 Å². The zero-order valence-corrected chi connectivity index (χ0v) is 9.61. The molecule has 0 aliphatic rings. The van der Waals surface area contributed by atoms with E-state index in [1.807, 2.05) is 25.1 Å². The molecule has 1 aromatic rings. The second-order valence-corrected chi connectivity index (χ2v) is 3.70. The highest BCUT2D eigenvalue weighted by Gasteiger charge is 2.03. The van der Waals surface area contributed by atoms with E-state index in [4.69, 9.17) is 9.84 Å². The van der Waals surface area contributed by atoms with E-state index in [-0.39, 0.29) is 12.6 Å². The fraction of sp³-hybridized carbons (Fsp3) is 0.462. The molecule has 16 heavy (non-hydrogen) atoms. The lowest BCUT2D eigenvalue weighted by Crippen LogP contribution is -2.07. The summed E-state index contributed by atoms with van der Waals surface area (Å²) >= 11 is 0. The number of carbonyl (C=O) groups excluding carboxylic acids is 1. The quantitative estimate of drug-likeness (QED) is 0.593. The Morgan fingerprint density at radius 3 is 2.94 bits per heavy atom. The van der Waals surface area contributed by atoms with E-state index in [0.717, 1.165) is 24.8 Å². The molecule has 0 fully saturated rings. The maximum Gasteiger partial charge on any atom is 0.311 e. The lowest BCUT2D eigenvalue weighted by molar-refractivity contribution is -0.134. The summed E-state index contributed by atoms with van der Waals surface area (Å²) in [4.78, 5) is 11.3. The first-order valence-electron chi connectivity index (χ1n) is 5.66. The lowest BCUT2D eigenvalue weighted by atomic mass is 10.1. The van der Waals surface area contributed by atoms with Crippen LogP contribution < -0.4 is 4.74 Å². The number of hydrogen-bond donors (Lipinski definition) is 1. The van der Waals surface area contributed by atoms with Gasteiger partial charge in [0.2, 0.25) is 0 Å². The minimum absolute atomic E-state index is 0.180. The maximum atomic E-state index is 11.3. The monoisotopic (exact) mass is 222 g/mol. The maximum absolute atomic E-state index is 11.3. The van der Waals surface area contributed by atoms with Crippen LogP contribution in [0.3, 0.4) is 0 Å². The van der Waals surface area contributed by atoms with Crippen molar-refractivity contribution in [2.45, 2.75) is 32.6 Å². The number of esters is 1. The van der Waals surface area contributed by atoms with E-state index < -0.39 is 0 Å². The molecule has 0 spiro atoms. The van der Waals surface area contributed by atoms with Crippen molar-refractivity contribution in [2.75, 3.05) is 6.61 Å². The largest absolute Gasteiger partial charge is 0.427 e. The van der Waals surface area contributed by atoms with Gasteiger partial charge in [0.05, 0.1) is 0 Å². The Bertz CT molecular complexity index is 334. The van der Waals surface area contributed by atoms with Gasteiger partial charge in [0, 0.05) is 13.0 Å².